The van der Waals surface area contributed by atoms with Gasteiger partial charge >= 0.3 is 0 Å². The topological polar surface area (TPSA) is 52.7 Å². The quantitative estimate of drug-likeness (QED) is 0.557. The summed E-state index contributed by atoms with van der Waals surface area (Å²) in [5.74, 6) is 0.104. The van der Waals surface area contributed by atoms with Gasteiger partial charge in [-0.1, -0.05) is 44.2 Å². The van der Waals surface area contributed by atoms with E-state index in [1.165, 1.54) is 11.1 Å². The molecule has 0 aromatic heterocycles. The van der Waals surface area contributed by atoms with E-state index in [4.69, 9.17) is 0 Å². The molecule has 1 heterocycles. The van der Waals surface area contributed by atoms with Gasteiger partial charge in [0.25, 0.3) is 5.91 Å². The molecule has 2 aromatic carbocycles. The standard InChI is InChI=1S/C25H32IN3O2/c1-4-19-10-7-11-20(5-2)24(19)27-22(30)17-28-13-8-14-29(16-15-28)25(31)21-12-6-9-18(3)23(21)26/h6-7,9-12H,4-5,8,13-17H2,1-3H3,(H,27,30). The fraction of sp³-hybridized carbons (Fsp3) is 0.440. The predicted molar refractivity (Wildman–Crippen MR) is 135 cm³/mol. The van der Waals surface area contributed by atoms with Crippen LogP contribution in [0.2, 0.25) is 0 Å². The molecule has 1 fully saturated rings. The minimum absolute atomic E-state index is 0.0172. The van der Waals surface area contributed by atoms with E-state index in [9.17, 15) is 9.59 Å². The lowest BCUT2D eigenvalue weighted by atomic mass is 10.0. The maximum atomic E-state index is 13.1. The fourth-order valence-corrected chi connectivity index (χ4v) is 4.69. The summed E-state index contributed by atoms with van der Waals surface area (Å²) in [4.78, 5) is 30.0. The molecule has 0 bridgehead atoms. The minimum Gasteiger partial charge on any atom is -0.337 e. The van der Waals surface area contributed by atoms with Gasteiger partial charge in [0.2, 0.25) is 5.91 Å². The molecule has 0 atom stereocenters. The van der Waals surface area contributed by atoms with Gasteiger partial charge in [0.15, 0.2) is 0 Å². The van der Waals surface area contributed by atoms with Crippen LogP contribution in [-0.2, 0) is 17.6 Å². The second kappa shape index (κ2) is 11.1. The Morgan fingerprint density at radius 1 is 0.968 bits per heavy atom. The van der Waals surface area contributed by atoms with Gasteiger partial charge in [-0.3, -0.25) is 14.5 Å². The third-order valence-corrected chi connectivity index (χ3v) is 7.36. The third kappa shape index (κ3) is 5.86. The van der Waals surface area contributed by atoms with Crippen LogP contribution in [0.5, 0.6) is 0 Å². The van der Waals surface area contributed by atoms with Crippen LogP contribution >= 0.6 is 22.6 Å². The van der Waals surface area contributed by atoms with E-state index in [0.29, 0.717) is 19.6 Å². The molecule has 31 heavy (non-hydrogen) atoms. The lowest BCUT2D eigenvalue weighted by molar-refractivity contribution is -0.117. The molecule has 2 aromatic rings. The Labute approximate surface area is 199 Å². The molecule has 6 heteroatoms. The highest BCUT2D eigenvalue weighted by atomic mass is 127. The summed E-state index contributed by atoms with van der Waals surface area (Å²) in [5.41, 5.74) is 5.22. The molecule has 0 spiro atoms. The number of nitrogens with one attached hydrogen (secondary N) is 1. The van der Waals surface area contributed by atoms with Crippen LogP contribution in [0, 0.1) is 10.5 Å². The molecule has 0 aliphatic carbocycles. The van der Waals surface area contributed by atoms with Gasteiger partial charge in [0.1, 0.15) is 0 Å². The molecule has 1 aliphatic heterocycles. The van der Waals surface area contributed by atoms with Crippen molar-refractivity contribution < 1.29 is 9.59 Å². The van der Waals surface area contributed by atoms with Crippen LogP contribution in [0.15, 0.2) is 36.4 Å². The van der Waals surface area contributed by atoms with Crippen LogP contribution in [-0.4, -0.2) is 54.3 Å². The number of benzene rings is 2. The van der Waals surface area contributed by atoms with Crippen LogP contribution < -0.4 is 5.32 Å². The Hall–Kier alpha value is -1.93. The van der Waals surface area contributed by atoms with Gasteiger partial charge in [0, 0.05) is 35.4 Å². The van der Waals surface area contributed by atoms with Crippen LogP contribution in [0.1, 0.15) is 47.3 Å². The van der Waals surface area contributed by atoms with Gasteiger partial charge in [-0.05, 0) is 71.5 Å². The second-order valence-corrected chi connectivity index (χ2v) is 9.14. The van der Waals surface area contributed by atoms with E-state index in [0.717, 1.165) is 52.7 Å². The Bertz CT molecular complexity index is 922. The predicted octanol–water partition coefficient (Wildman–Crippen LogP) is 4.51. The Balaban J connectivity index is 1.61. The number of aryl methyl sites for hydroxylation is 3. The van der Waals surface area contributed by atoms with Crippen LogP contribution in [0.4, 0.5) is 5.69 Å². The van der Waals surface area contributed by atoms with Crippen molar-refractivity contribution in [3.05, 3.63) is 62.2 Å². The number of rotatable bonds is 6. The van der Waals surface area contributed by atoms with Crippen molar-refractivity contribution in [2.75, 3.05) is 38.0 Å². The van der Waals surface area contributed by atoms with E-state index in [1.54, 1.807) is 0 Å². The van der Waals surface area contributed by atoms with Crippen molar-refractivity contribution in [2.45, 2.75) is 40.0 Å². The molecular formula is C25H32IN3O2. The van der Waals surface area contributed by atoms with Crippen molar-refractivity contribution in [1.29, 1.82) is 0 Å². The summed E-state index contributed by atoms with van der Waals surface area (Å²) in [7, 11) is 0. The van der Waals surface area contributed by atoms with E-state index < -0.39 is 0 Å². The zero-order chi connectivity index (χ0) is 22.4. The van der Waals surface area contributed by atoms with Gasteiger partial charge < -0.3 is 10.2 Å². The molecular weight excluding hydrogens is 501 g/mol. The van der Waals surface area contributed by atoms with Crippen molar-refractivity contribution in [1.82, 2.24) is 9.80 Å². The van der Waals surface area contributed by atoms with Gasteiger partial charge in [-0.25, -0.2) is 0 Å². The molecule has 5 nitrogen and oxygen atoms in total. The molecule has 2 amide bonds. The Morgan fingerprint density at radius 2 is 1.65 bits per heavy atom. The summed E-state index contributed by atoms with van der Waals surface area (Å²) in [6.45, 7) is 9.49. The van der Waals surface area contributed by atoms with Gasteiger partial charge in [-0.2, -0.15) is 0 Å². The maximum Gasteiger partial charge on any atom is 0.254 e. The number of carbonyl (C=O) groups is 2. The molecule has 1 saturated heterocycles. The molecule has 1 N–H and O–H groups in total. The molecule has 0 saturated carbocycles. The lowest BCUT2D eigenvalue weighted by Gasteiger charge is -2.23. The van der Waals surface area contributed by atoms with E-state index in [2.05, 4.69) is 64.9 Å². The van der Waals surface area contributed by atoms with Crippen LogP contribution in [0.3, 0.4) is 0 Å². The Morgan fingerprint density at radius 3 is 2.32 bits per heavy atom. The summed E-state index contributed by atoms with van der Waals surface area (Å²) in [6.07, 6.45) is 2.65. The highest BCUT2D eigenvalue weighted by Gasteiger charge is 2.23. The van der Waals surface area contributed by atoms with Crippen molar-refractivity contribution in [3.63, 3.8) is 0 Å². The smallest absolute Gasteiger partial charge is 0.254 e. The highest BCUT2D eigenvalue weighted by Crippen LogP contribution is 2.23. The molecule has 166 valence electrons. The molecule has 0 radical (unpaired) electrons. The summed E-state index contributed by atoms with van der Waals surface area (Å²) in [5, 5.41) is 3.16. The first kappa shape index (κ1) is 23.7. The number of hydrogen-bond donors (Lipinski definition) is 1. The van der Waals surface area contributed by atoms with Gasteiger partial charge in [0.05, 0.1) is 12.1 Å². The maximum absolute atomic E-state index is 13.1. The van der Waals surface area contributed by atoms with Crippen molar-refractivity contribution in [3.8, 4) is 0 Å². The van der Waals surface area contributed by atoms with E-state index in [-0.39, 0.29) is 11.8 Å². The lowest BCUT2D eigenvalue weighted by Crippen LogP contribution is -2.38. The second-order valence-electron chi connectivity index (χ2n) is 8.06. The van der Waals surface area contributed by atoms with Gasteiger partial charge in [-0.15, -0.1) is 0 Å². The number of carbonyl (C=O) groups excluding carboxylic acids is 2. The molecule has 1 aliphatic rings. The molecule has 0 unspecified atom stereocenters. The summed E-state index contributed by atoms with van der Waals surface area (Å²) >= 11 is 2.26. The normalized spacial score (nSPS) is 14.9. The van der Waals surface area contributed by atoms with Crippen molar-refractivity contribution >= 4 is 40.1 Å². The number of para-hydroxylation sites is 1. The minimum atomic E-state index is 0.0172. The summed E-state index contributed by atoms with van der Waals surface area (Å²) < 4.78 is 1.02. The first-order valence-electron chi connectivity index (χ1n) is 11.1. The summed E-state index contributed by atoms with van der Waals surface area (Å²) in [6, 6.07) is 12.1. The first-order valence-corrected chi connectivity index (χ1v) is 12.2. The number of anilines is 1. The Kier molecular flexibility index (Phi) is 8.49. The first-order chi connectivity index (χ1) is 14.9. The zero-order valence-electron chi connectivity index (χ0n) is 18.7. The third-order valence-electron chi connectivity index (χ3n) is 5.93. The monoisotopic (exact) mass is 533 g/mol. The fourth-order valence-electron chi connectivity index (χ4n) is 4.10. The SMILES string of the molecule is CCc1cccc(CC)c1NC(=O)CN1CCCN(C(=O)c2cccc(C)c2I)CC1. The van der Waals surface area contributed by atoms with Crippen molar-refractivity contribution in [2.24, 2.45) is 0 Å². The highest BCUT2D eigenvalue weighted by molar-refractivity contribution is 14.1. The average molecular weight is 533 g/mol. The van der Waals surface area contributed by atoms with E-state index in [1.807, 2.05) is 30.0 Å². The number of nitrogens with zero attached hydrogens (tertiary/aromatic N) is 2. The largest absolute Gasteiger partial charge is 0.337 e. The molecule has 3 rings (SSSR count). The van der Waals surface area contributed by atoms with Crippen LogP contribution in [0.25, 0.3) is 0 Å². The number of halogens is 1. The number of amides is 2. The van der Waals surface area contributed by atoms with E-state index >= 15 is 0 Å². The average Bonchev–Trinajstić information content (AvgIpc) is 3.00. The number of hydrogen-bond acceptors (Lipinski definition) is 3. The zero-order valence-corrected chi connectivity index (χ0v) is 20.9.